The minimum atomic E-state index is -0.402. The Labute approximate surface area is 73.5 Å². The van der Waals surface area contributed by atoms with Crippen LogP contribution in [0.3, 0.4) is 0 Å². The van der Waals surface area contributed by atoms with Crippen LogP contribution in [0.5, 0.6) is 0 Å². The molecule has 3 nitrogen and oxygen atoms in total. The first kappa shape index (κ1) is 9.52. The number of carbonyl (C=O) groups is 1. The van der Waals surface area contributed by atoms with Gasteiger partial charge in [0.05, 0.1) is 0 Å². The van der Waals surface area contributed by atoms with Crippen LogP contribution in [-0.2, 0) is 9.53 Å². The molecule has 1 N–H and O–H groups in total. The van der Waals surface area contributed by atoms with Gasteiger partial charge >= 0.3 is 5.97 Å². The second kappa shape index (κ2) is 3.44. The second-order valence-electron chi connectivity index (χ2n) is 3.24. The van der Waals surface area contributed by atoms with Crippen molar-refractivity contribution in [1.82, 2.24) is 5.32 Å². The summed E-state index contributed by atoms with van der Waals surface area (Å²) in [5, 5.41) is 3.23. The molecular formula is C9H17NO2. The summed E-state index contributed by atoms with van der Waals surface area (Å²) in [5.74, 6) is -0.0839. The highest BCUT2D eigenvalue weighted by molar-refractivity contribution is 5.82. The Kier molecular flexibility index (Phi) is 2.73. The lowest BCUT2D eigenvalue weighted by Crippen LogP contribution is -2.46. The van der Waals surface area contributed by atoms with E-state index in [0.717, 1.165) is 19.3 Å². The fourth-order valence-electron chi connectivity index (χ4n) is 1.57. The summed E-state index contributed by atoms with van der Waals surface area (Å²) in [4.78, 5) is 11.4. The average molecular weight is 171 g/mol. The van der Waals surface area contributed by atoms with Crippen LogP contribution in [0.25, 0.3) is 0 Å². The molecule has 1 rings (SSSR count). The van der Waals surface area contributed by atoms with Crippen LogP contribution in [-0.4, -0.2) is 17.7 Å². The van der Waals surface area contributed by atoms with E-state index in [4.69, 9.17) is 4.74 Å². The van der Waals surface area contributed by atoms with Crippen LogP contribution >= 0.6 is 0 Å². The van der Waals surface area contributed by atoms with E-state index in [-0.39, 0.29) is 12.2 Å². The van der Waals surface area contributed by atoms with Gasteiger partial charge in [-0.2, -0.15) is 0 Å². The largest absolute Gasteiger partial charge is 0.445 e. The Morgan fingerprint density at radius 3 is 2.25 bits per heavy atom. The van der Waals surface area contributed by atoms with Crippen molar-refractivity contribution in [3.63, 3.8) is 0 Å². The zero-order valence-corrected chi connectivity index (χ0v) is 8.02. The quantitative estimate of drug-likeness (QED) is 0.653. The second-order valence-corrected chi connectivity index (χ2v) is 3.24. The highest BCUT2D eigenvalue weighted by Crippen LogP contribution is 2.25. The number of carbonyl (C=O) groups excluding carboxylic acids is 1. The zero-order chi connectivity index (χ0) is 9.19. The predicted octanol–water partition coefficient (Wildman–Crippen LogP) is 1.43. The summed E-state index contributed by atoms with van der Waals surface area (Å²) in [6, 6.07) is 0. The topological polar surface area (TPSA) is 38.3 Å². The van der Waals surface area contributed by atoms with Gasteiger partial charge in [-0.05, 0) is 19.3 Å². The standard InChI is InChI=1S/C9H17NO2/c1-4-7-10-9(5-2,6-3)8(11)12-7/h7,10H,4-6H2,1-3H3. The van der Waals surface area contributed by atoms with E-state index < -0.39 is 5.54 Å². The van der Waals surface area contributed by atoms with Crippen LogP contribution < -0.4 is 5.32 Å². The normalized spacial score (nSPS) is 27.2. The molecule has 1 atom stereocenters. The maximum Gasteiger partial charge on any atom is 0.327 e. The van der Waals surface area contributed by atoms with Crippen LogP contribution in [0, 0.1) is 0 Å². The Morgan fingerprint density at radius 1 is 1.42 bits per heavy atom. The molecule has 1 saturated heterocycles. The van der Waals surface area contributed by atoms with Crippen molar-refractivity contribution in [3.8, 4) is 0 Å². The van der Waals surface area contributed by atoms with E-state index in [9.17, 15) is 4.79 Å². The van der Waals surface area contributed by atoms with Gasteiger partial charge in [-0.25, -0.2) is 4.79 Å². The molecule has 0 amide bonds. The molecule has 1 aliphatic rings. The van der Waals surface area contributed by atoms with E-state index in [0.29, 0.717) is 0 Å². The maximum absolute atomic E-state index is 11.4. The predicted molar refractivity (Wildman–Crippen MR) is 46.6 cm³/mol. The Morgan fingerprint density at radius 2 is 2.00 bits per heavy atom. The van der Waals surface area contributed by atoms with Crippen molar-refractivity contribution in [1.29, 1.82) is 0 Å². The molecule has 0 spiro atoms. The lowest BCUT2D eigenvalue weighted by atomic mass is 9.94. The average Bonchev–Trinajstić information content (AvgIpc) is 2.43. The van der Waals surface area contributed by atoms with Crippen molar-refractivity contribution in [2.24, 2.45) is 0 Å². The summed E-state index contributed by atoms with van der Waals surface area (Å²) in [6.07, 6.45) is 2.38. The minimum Gasteiger partial charge on any atom is -0.445 e. The Hall–Kier alpha value is -0.570. The summed E-state index contributed by atoms with van der Waals surface area (Å²) in [5.41, 5.74) is -0.402. The molecule has 0 aromatic heterocycles. The SMILES string of the molecule is CCC1NC(CC)(CC)C(=O)O1. The van der Waals surface area contributed by atoms with E-state index in [1.165, 1.54) is 0 Å². The van der Waals surface area contributed by atoms with Gasteiger partial charge in [0.25, 0.3) is 0 Å². The highest BCUT2D eigenvalue weighted by atomic mass is 16.6. The molecule has 70 valence electrons. The Balaban J connectivity index is 2.72. The van der Waals surface area contributed by atoms with Gasteiger partial charge in [-0.1, -0.05) is 20.8 Å². The minimum absolute atomic E-state index is 0.0719. The number of hydrogen-bond acceptors (Lipinski definition) is 3. The lowest BCUT2D eigenvalue weighted by Gasteiger charge is -2.21. The van der Waals surface area contributed by atoms with Crippen LogP contribution in [0.4, 0.5) is 0 Å². The number of rotatable bonds is 3. The molecular weight excluding hydrogens is 154 g/mol. The van der Waals surface area contributed by atoms with Crippen molar-refractivity contribution in [2.45, 2.75) is 51.8 Å². The third kappa shape index (κ3) is 1.33. The third-order valence-electron chi connectivity index (χ3n) is 2.66. The monoisotopic (exact) mass is 171 g/mol. The van der Waals surface area contributed by atoms with Crippen molar-refractivity contribution < 1.29 is 9.53 Å². The molecule has 0 aliphatic carbocycles. The molecule has 0 radical (unpaired) electrons. The molecule has 0 bridgehead atoms. The number of ether oxygens (including phenoxy) is 1. The van der Waals surface area contributed by atoms with Crippen LogP contribution in [0.15, 0.2) is 0 Å². The number of cyclic esters (lactones) is 1. The summed E-state index contributed by atoms with van der Waals surface area (Å²) >= 11 is 0. The van der Waals surface area contributed by atoms with Gasteiger partial charge in [0.2, 0.25) is 0 Å². The molecule has 0 saturated carbocycles. The summed E-state index contributed by atoms with van der Waals surface area (Å²) in [7, 11) is 0. The molecule has 0 aromatic carbocycles. The fourth-order valence-corrected chi connectivity index (χ4v) is 1.57. The molecule has 12 heavy (non-hydrogen) atoms. The highest BCUT2D eigenvalue weighted by Gasteiger charge is 2.44. The van der Waals surface area contributed by atoms with Crippen LogP contribution in [0.2, 0.25) is 0 Å². The molecule has 1 fully saturated rings. The van der Waals surface area contributed by atoms with E-state index in [1.54, 1.807) is 0 Å². The summed E-state index contributed by atoms with van der Waals surface area (Å²) < 4.78 is 5.16. The zero-order valence-electron chi connectivity index (χ0n) is 8.02. The van der Waals surface area contributed by atoms with Gasteiger partial charge in [-0.15, -0.1) is 0 Å². The molecule has 1 unspecified atom stereocenters. The van der Waals surface area contributed by atoms with Crippen LogP contribution in [0.1, 0.15) is 40.0 Å². The van der Waals surface area contributed by atoms with Gasteiger partial charge in [-0.3, -0.25) is 5.32 Å². The first-order valence-corrected chi connectivity index (χ1v) is 4.67. The number of esters is 1. The first-order chi connectivity index (χ1) is 5.68. The van der Waals surface area contributed by atoms with Crippen molar-refractivity contribution in [3.05, 3.63) is 0 Å². The lowest BCUT2D eigenvalue weighted by molar-refractivity contribution is -0.145. The molecule has 1 aliphatic heterocycles. The first-order valence-electron chi connectivity index (χ1n) is 4.67. The third-order valence-corrected chi connectivity index (χ3v) is 2.66. The van der Waals surface area contributed by atoms with Crippen molar-refractivity contribution in [2.75, 3.05) is 0 Å². The van der Waals surface area contributed by atoms with Gasteiger partial charge < -0.3 is 4.74 Å². The van der Waals surface area contributed by atoms with Gasteiger partial charge in [0, 0.05) is 0 Å². The number of nitrogens with one attached hydrogen (secondary N) is 1. The van der Waals surface area contributed by atoms with Gasteiger partial charge in [0.15, 0.2) is 6.23 Å². The molecule has 1 heterocycles. The van der Waals surface area contributed by atoms with Gasteiger partial charge in [0.1, 0.15) is 5.54 Å². The maximum atomic E-state index is 11.4. The van der Waals surface area contributed by atoms with E-state index in [2.05, 4.69) is 5.32 Å². The fraction of sp³-hybridized carbons (Fsp3) is 0.889. The Bertz CT molecular complexity index is 175. The van der Waals surface area contributed by atoms with E-state index in [1.807, 2.05) is 20.8 Å². The molecule has 3 heteroatoms. The summed E-state index contributed by atoms with van der Waals surface area (Å²) in [6.45, 7) is 6.03. The molecule has 0 aromatic rings. The van der Waals surface area contributed by atoms with E-state index >= 15 is 0 Å². The smallest absolute Gasteiger partial charge is 0.327 e. The van der Waals surface area contributed by atoms with Crippen molar-refractivity contribution >= 4 is 5.97 Å². The number of hydrogen-bond donors (Lipinski definition) is 1.